The van der Waals surface area contributed by atoms with Gasteiger partial charge in [-0.1, -0.05) is 39.2 Å². The molecule has 0 heterocycles. The first-order valence-corrected chi connectivity index (χ1v) is 3.97. The van der Waals surface area contributed by atoms with Crippen molar-refractivity contribution < 1.29 is 4.39 Å². The van der Waals surface area contributed by atoms with Gasteiger partial charge in [0.2, 0.25) is 0 Å². The average molecular weight is 179 g/mol. The molecule has 0 aromatic carbocycles. The summed E-state index contributed by atoms with van der Waals surface area (Å²) < 4.78 is 12.7. The summed E-state index contributed by atoms with van der Waals surface area (Å²) in [6, 6.07) is 1.69. The Morgan fingerprint density at radius 3 is 2.00 bits per heavy atom. The Bertz CT molecular complexity index is 254. The summed E-state index contributed by atoms with van der Waals surface area (Å²) >= 11 is 0. The van der Waals surface area contributed by atoms with Crippen LogP contribution >= 0.6 is 0 Å². The molecule has 1 nitrogen and oxygen atoms in total. The van der Waals surface area contributed by atoms with Crippen molar-refractivity contribution >= 4 is 0 Å². The third-order valence-electron chi connectivity index (χ3n) is 0.926. The number of nitrogens with zero attached hydrogens (tertiary/aromatic N) is 1. The third-order valence-corrected chi connectivity index (χ3v) is 0.926. The van der Waals surface area contributed by atoms with Gasteiger partial charge in [0, 0.05) is 0 Å². The molecule has 0 amide bonds. The Morgan fingerprint density at radius 2 is 1.69 bits per heavy atom. The fourth-order valence-electron chi connectivity index (χ4n) is 0.481. The maximum atomic E-state index is 12.7. The zero-order valence-corrected chi connectivity index (χ0v) is 8.05. The van der Waals surface area contributed by atoms with E-state index in [0.717, 1.165) is 6.08 Å². The van der Waals surface area contributed by atoms with Gasteiger partial charge in [-0.25, -0.2) is 4.39 Å². The Balaban J connectivity index is 0. The maximum absolute atomic E-state index is 12.7. The summed E-state index contributed by atoms with van der Waals surface area (Å²) in [5.74, 6) is -0.595. The summed E-state index contributed by atoms with van der Waals surface area (Å²) in [5, 5.41) is 8.37. The molecule has 0 N–H and O–H groups in total. The smallest absolute Gasteiger partial charge is 0.140 e. The lowest BCUT2D eigenvalue weighted by Crippen LogP contribution is -1.77. The van der Waals surface area contributed by atoms with Crippen molar-refractivity contribution in [3.05, 3.63) is 48.9 Å². The minimum atomic E-state index is -0.595. The van der Waals surface area contributed by atoms with E-state index >= 15 is 0 Å². The predicted molar refractivity (Wildman–Crippen MR) is 54.6 cm³/mol. The Morgan fingerprint density at radius 1 is 1.23 bits per heavy atom. The molecule has 70 valence electrons. The highest BCUT2D eigenvalue weighted by molar-refractivity contribution is 5.41. The van der Waals surface area contributed by atoms with E-state index in [1.807, 2.05) is 13.8 Å². The number of rotatable bonds is 3. The van der Waals surface area contributed by atoms with Gasteiger partial charge in [0.1, 0.15) is 11.9 Å². The van der Waals surface area contributed by atoms with Crippen LogP contribution in [0.4, 0.5) is 4.39 Å². The van der Waals surface area contributed by atoms with Crippen LogP contribution in [-0.2, 0) is 0 Å². The second-order valence-corrected chi connectivity index (χ2v) is 1.68. The standard InChI is InChI=1S/C9H8FN.C2H6/c1-3-5-8(7-11)9(10)6-4-2;1-2/h3-6H,1-2H2;1-2H3/b8-5-,9-6+;. The highest BCUT2D eigenvalue weighted by atomic mass is 19.1. The first kappa shape index (κ1) is 13.9. The van der Waals surface area contributed by atoms with Crippen LogP contribution in [-0.4, -0.2) is 0 Å². The zero-order valence-electron chi connectivity index (χ0n) is 8.05. The lowest BCUT2D eigenvalue weighted by molar-refractivity contribution is 0.658. The molecule has 0 fully saturated rings. The quantitative estimate of drug-likeness (QED) is 0.478. The molecule has 0 aliphatic heterocycles. The van der Waals surface area contributed by atoms with Crippen molar-refractivity contribution in [1.29, 1.82) is 5.26 Å². The minimum Gasteiger partial charge on any atom is -0.206 e. The summed E-state index contributed by atoms with van der Waals surface area (Å²) in [6.45, 7) is 10.6. The van der Waals surface area contributed by atoms with Gasteiger partial charge >= 0.3 is 0 Å². The van der Waals surface area contributed by atoms with Crippen molar-refractivity contribution in [2.24, 2.45) is 0 Å². The van der Waals surface area contributed by atoms with Crippen LogP contribution in [0.25, 0.3) is 0 Å². The second-order valence-electron chi connectivity index (χ2n) is 1.68. The Kier molecular flexibility index (Phi) is 11.1. The zero-order chi connectivity index (χ0) is 10.7. The average Bonchev–Trinajstić information content (AvgIpc) is 2.17. The molecular weight excluding hydrogens is 165 g/mol. The van der Waals surface area contributed by atoms with Gasteiger partial charge in [-0.05, 0) is 12.2 Å². The van der Waals surface area contributed by atoms with Crippen LogP contribution in [0.5, 0.6) is 0 Å². The normalized spacial score (nSPS) is 10.6. The molecular formula is C11H14FN. The van der Waals surface area contributed by atoms with Gasteiger partial charge in [0.25, 0.3) is 0 Å². The first-order valence-electron chi connectivity index (χ1n) is 3.97. The summed E-state index contributed by atoms with van der Waals surface area (Å²) in [6.07, 6.45) is 5.06. The topological polar surface area (TPSA) is 23.8 Å². The van der Waals surface area contributed by atoms with Crippen molar-refractivity contribution in [1.82, 2.24) is 0 Å². The van der Waals surface area contributed by atoms with E-state index in [1.165, 1.54) is 18.2 Å². The molecule has 0 spiro atoms. The van der Waals surface area contributed by atoms with Crippen molar-refractivity contribution in [3.8, 4) is 6.07 Å². The Labute approximate surface area is 79.2 Å². The van der Waals surface area contributed by atoms with Gasteiger partial charge in [-0.15, -0.1) is 0 Å². The molecule has 0 rings (SSSR count). The van der Waals surface area contributed by atoms with Crippen LogP contribution in [0.2, 0.25) is 0 Å². The number of hydrogen-bond acceptors (Lipinski definition) is 1. The maximum Gasteiger partial charge on any atom is 0.140 e. The molecule has 0 atom stereocenters. The molecule has 0 aromatic heterocycles. The number of nitriles is 1. The molecule has 2 heteroatoms. The van der Waals surface area contributed by atoms with Crippen LogP contribution in [0.15, 0.2) is 48.9 Å². The highest BCUT2D eigenvalue weighted by Crippen LogP contribution is 2.09. The lowest BCUT2D eigenvalue weighted by Gasteiger charge is -1.88. The summed E-state index contributed by atoms with van der Waals surface area (Å²) in [4.78, 5) is 0. The molecule has 0 aliphatic carbocycles. The van der Waals surface area contributed by atoms with E-state index in [4.69, 9.17) is 5.26 Å². The van der Waals surface area contributed by atoms with Crippen LogP contribution in [0.1, 0.15) is 13.8 Å². The number of halogens is 1. The largest absolute Gasteiger partial charge is 0.206 e. The fourth-order valence-corrected chi connectivity index (χ4v) is 0.481. The number of allylic oxidation sites excluding steroid dienone is 6. The molecule has 0 unspecified atom stereocenters. The van der Waals surface area contributed by atoms with Crippen LogP contribution < -0.4 is 0 Å². The van der Waals surface area contributed by atoms with Gasteiger partial charge < -0.3 is 0 Å². The molecule has 0 radical (unpaired) electrons. The molecule has 0 bridgehead atoms. The summed E-state index contributed by atoms with van der Waals surface area (Å²) in [7, 11) is 0. The minimum absolute atomic E-state index is 0.0418. The van der Waals surface area contributed by atoms with E-state index in [-0.39, 0.29) is 5.57 Å². The van der Waals surface area contributed by atoms with E-state index < -0.39 is 5.83 Å². The van der Waals surface area contributed by atoms with E-state index in [9.17, 15) is 4.39 Å². The fraction of sp³-hybridized carbons (Fsp3) is 0.182. The SMILES string of the molecule is C=C/C=C(C#N)\C(F)=C/C=C.CC. The monoisotopic (exact) mass is 179 g/mol. The first-order chi connectivity index (χ1) is 6.26. The van der Waals surface area contributed by atoms with Crippen molar-refractivity contribution in [2.75, 3.05) is 0 Å². The molecule has 0 saturated carbocycles. The van der Waals surface area contributed by atoms with Gasteiger partial charge in [0.05, 0.1) is 5.57 Å². The second kappa shape index (κ2) is 10.4. The van der Waals surface area contributed by atoms with Crippen molar-refractivity contribution in [2.45, 2.75) is 13.8 Å². The van der Waals surface area contributed by atoms with Gasteiger partial charge in [-0.3, -0.25) is 0 Å². The Hall–Kier alpha value is -1.62. The van der Waals surface area contributed by atoms with Gasteiger partial charge in [-0.2, -0.15) is 5.26 Å². The van der Waals surface area contributed by atoms with Gasteiger partial charge in [0.15, 0.2) is 0 Å². The number of hydrogen-bond donors (Lipinski definition) is 0. The van der Waals surface area contributed by atoms with E-state index in [2.05, 4.69) is 13.2 Å². The molecule has 13 heavy (non-hydrogen) atoms. The van der Waals surface area contributed by atoms with Crippen LogP contribution in [0, 0.1) is 11.3 Å². The third kappa shape index (κ3) is 6.77. The van der Waals surface area contributed by atoms with Crippen molar-refractivity contribution in [3.63, 3.8) is 0 Å². The van der Waals surface area contributed by atoms with E-state index in [1.54, 1.807) is 6.07 Å². The van der Waals surface area contributed by atoms with Crippen LogP contribution in [0.3, 0.4) is 0 Å². The lowest BCUT2D eigenvalue weighted by atomic mass is 10.2. The summed E-state index contributed by atoms with van der Waals surface area (Å²) in [5.41, 5.74) is -0.0418. The predicted octanol–water partition coefficient (Wildman–Crippen LogP) is 3.69. The molecule has 0 aliphatic rings. The molecule has 0 saturated heterocycles. The molecule has 0 aromatic rings. The highest BCUT2D eigenvalue weighted by Gasteiger charge is 1.98. The van der Waals surface area contributed by atoms with E-state index in [0.29, 0.717) is 0 Å².